The number of rotatable bonds is 4. The maximum absolute atomic E-state index is 13.0. The molecule has 0 spiro atoms. The van der Waals surface area contributed by atoms with Crippen LogP contribution in [0.3, 0.4) is 0 Å². The molecule has 138 valence electrons. The van der Waals surface area contributed by atoms with Crippen LogP contribution in [0.4, 0.5) is 0 Å². The summed E-state index contributed by atoms with van der Waals surface area (Å²) in [5, 5.41) is 7.28. The third-order valence-corrected chi connectivity index (χ3v) is 5.78. The Balaban J connectivity index is 1.47. The van der Waals surface area contributed by atoms with Crippen molar-refractivity contribution in [2.75, 3.05) is 19.6 Å². The van der Waals surface area contributed by atoms with Crippen molar-refractivity contribution in [2.45, 2.75) is 45.2 Å². The standard InChI is InChI=1S/C21H28N4O/c1-15(2)19-10-20(23-22-19)21(26)25-13-17-8-9-18(14-25)24(12-17)11-16-6-4-3-5-7-16/h3-7,10,15,17-18H,8-9,11-14H2,1-2H3,(H,22,23)/t17-,18-/m1/s1. The van der Waals surface area contributed by atoms with E-state index in [9.17, 15) is 4.79 Å². The van der Waals surface area contributed by atoms with Gasteiger partial charge in [0.1, 0.15) is 5.69 Å². The molecule has 1 N–H and O–H groups in total. The van der Waals surface area contributed by atoms with Crippen molar-refractivity contribution in [1.29, 1.82) is 0 Å². The summed E-state index contributed by atoms with van der Waals surface area (Å²) in [6, 6.07) is 13.0. The normalized spacial score (nSPS) is 23.4. The van der Waals surface area contributed by atoms with Gasteiger partial charge in [0.2, 0.25) is 0 Å². The zero-order chi connectivity index (χ0) is 18.1. The quantitative estimate of drug-likeness (QED) is 0.919. The van der Waals surface area contributed by atoms with E-state index in [2.05, 4.69) is 59.3 Å². The van der Waals surface area contributed by atoms with E-state index in [1.807, 2.05) is 11.0 Å². The van der Waals surface area contributed by atoms with Crippen LogP contribution in [-0.2, 0) is 6.54 Å². The van der Waals surface area contributed by atoms with E-state index in [0.29, 0.717) is 23.6 Å². The number of fused-ring (bicyclic) bond motifs is 4. The average Bonchev–Trinajstić information content (AvgIpc) is 2.97. The van der Waals surface area contributed by atoms with Gasteiger partial charge in [-0.05, 0) is 36.3 Å². The lowest BCUT2D eigenvalue weighted by atomic mass is 9.94. The van der Waals surface area contributed by atoms with Gasteiger partial charge in [-0.2, -0.15) is 5.10 Å². The minimum Gasteiger partial charge on any atom is -0.335 e. The van der Waals surface area contributed by atoms with Crippen LogP contribution < -0.4 is 0 Å². The molecule has 3 saturated heterocycles. The van der Waals surface area contributed by atoms with Crippen LogP contribution in [-0.4, -0.2) is 51.6 Å². The van der Waals surface area contributed by atoms with Gasteiger partial charge in [0.05, 0.1) is 0 Å². The summed E-state index contributed by atoms with van der Waals surface area (Å²) in [6.45, 7) is 7.94. The predicted octanol–water partition coefficient (Wildman–Crippen LogP) is 3.27. The molecule has 0 aliphatic carbocycles. The molecule has 2 atom stereocenters. The van der Waals surface area contributed by atoms with Gasteiger partial charge in [0.25, 0.3) is 5.91 Å². The molecular formula is C21H28N4O. The lowest BCUT2D eigenvalue weighted by Crippen LogP contribution is -2.43. The molecule has 1 amide bonds. The number of benzene rings is 1. The van der Waals surface area contributed by atoms with Crippen LogP contribution in [0, 0.1) is 5.92 Å². The molecule has 2 bridgehead atoms. The number of hydrogen-bond donors (Lipinski definition) is 1. The van der Waals surface area contributed by atoms with Gasteiger partial charge in [0, 0.05) is 37.9 Å². The summed E-state index contributed by atoms with van der Waals surface area (Å²) in [4.78, 5) is 17.6. The maximum atomic E-state index is 13.0. The van der Waals surface area contributed by atoms with Gasteiger partial charge >= 0.3 is 0 Å². The summed E-state index contributed by atoms with van der Waals surface area (Å²) in [7, 11) is 0. The second kappa shape index (κ2) is 7.23. The number of amides is 1. The first-order chi connectivity index (χ1) is 12.6. The number of piperidine rings is 1. The van der Waals surface area contributed by atoms with Crippen LogP contribution >= 0.6 is 0 Å². The number of carbonyl (C=O) groups is 1. The fourth-order valence-electron chi connectivity index (χ4n) is 4.26. The Hall–Kier alpha value is -2.14. The summed E-state index contributed by atoms with van der Waals surface area (Å²) < 4.78 is 0. The monoisotopic (exact) mass is 352 g/mol. The van der Waals surface area contributed by atoms with E-state index in [-0.39, 0.29) is 5.91 Å². The van der Waals surface area contributed by atoms with E-state index in [0.717, 1.165) is 31.9 Å². The minimum absolute atomic E-state index is 0.0756. The Morgan fingerprint density at radius 1 is 1.19 bits per heavy atom. The van der Waals surface area contributed by atoms with Crippen molar-refractivity contribution in [3.63, 3.8) is 0 Å². The highest BCUT2D eigenvalue weighted by atomic mass is 16.2. The Kier molecular flexibility index (Phi) is 4.81. The van der Waals surface area contributed by atoms with Crippen LogP contribution in [0.15, 0.2) is 36.4 Å². The molecule has 0 radical (unpaired) electrons. The molecule has 2 aromatic rings. The van der Waals surface area contributed by atoms with Gasteiger partial charge in [-0.3, -0.25) is 14.8 Å². The molecule has 0 unspecified atom stereocenters. The van der Waals surface area contributed by atoms with E-state index in [1.54, 1.807) is 0 Å². The highest BCUT2D eigenvalue weighted by Gasteiger charge is 2.37. The number of nitrogens with one attached hydrogen (secondary N) is 1. The SMILES string of the molecule is CC(C)c1cc(C(=O)N2C[C@@H]3CC[C@H](C2)N(Cc2ccccc2)C3)n[nH]1. The third kappa shape index (κ3) is 3.54. The molecule has 4 heterocycles. The molecule has 3 fully saturated rings. The summed E-state index contributed by atoms with van der Waals surface area (Å²) >= 11 is 0. The third-order valence-electron chi connectivity index (χ3n) is 5.78. The van der Waals surface area contributed by atoms with E-state index >= 15 is 0 Å². The Bertz CT molecular complexity index is 754. The number of H-pyrrole nitrogens is 1. The topological polar surface area (TPSA) is 52.2 Å². The maximum Gasteiger partial charge on any atom is 0.274 e. The fraction of sp³-hybridized carbons (Fsp3) is 0.524. The number of nitrogens with zero attached hydrogens (tertiary/aromatic N) is 3. The van der Waals surface area contributed by atoms with E-state index < -0.39 is 0 Å². The van der Waals surface area contributed by atoms with Crippen molar-refractivity contribution in [1.82, 2.24) is 20.0 Å². The molecule has 1 aromatic carbocycles. The highest BCUT2D eigenvalue weighted by Crippen LogP contribution is 2.30. The van der Waals surface area contributed by atoms with Gasteiger partial charge < -0.3 is 4.90 Å². The molecule has 5 heteroatoms. The zero-order valence-corrected chi connectivity index (χ0v) is 15.7. The Morgan fingerprint density at radius 2 is 2.00 bits per heavy atom. The highest BCUT2D eigenvalue weighted by molar-refractivity contribution is 5.92. The van der Waals surface area contributed by atoms with Gasteiger partial charge in [-0.1, -0.05) is 44.2 Å². The van der Waals surface area contributed by atoms with Crippen LogP contribution in [0.25, 0.3) is 0 Å². The predicted molar refractivity (Wildman–Crippen MR) is 102 cm³/mol. The molecule has 3 aliphatic rings. The number of aromatic amines is 1. The number of hydrogen-bond acceptors (Lipinski definition) is 3. The first kappa shape index (κ1) is 17.3. The molecule has 5 rings (SSSR count). The zero-order valence-electron chi connectivity index (χ0n) is 15.7. The Labute approximate surface area is 155 Å². The molecule has 1 aromatic heterocycles. The second-order valence-corrected chi connectivity index (χ2v) is 8.09. The van der Waals surface area contributed by atoms with Gasteiger partial charge in [0.15, 0.2) is 0 Å². The van der Waals surface area contributed by atoms with Crippen LogP contribution in [0.1, 0.15) is 54.4 Å². The van der Waals surface area contributed by atoms with Crippen molar-refractivity contribution >= 4 is 5.91 Å². The van der Waals surface area contributed by atoms with Crippen molar-refractivity contribution < 1.29 is 4.79 Å². The minimum atomic E-state index is 0.0756. The number of aromatic nitrogens is 2. The summed E-state index contributed by atoms with van der Waals surface area (Å²) in [5.74, 6) is 0.988. The first-order valence-corrected chi connectivity index (χ1v) is 9.72. The van der Waals surface area contributed by atoms with Gasteiger partial charge in [-0.15, -0.1) is 0 Å². The molecule has 0 saturated carbocycles. The smallest absolute Gasteiger partial charge is 0.274 e. The Morgan fingerprint density at radius 3 is 2.73 bits per heavy atom. The number of carbonyl (C=O) groups excluding carboxylic acids is 1. The van der Waals surface area contributed by atoms with Gasteiger partial charge in [-0.25, -0.2) is 0 Å². The summed E-state index contributed by atoms with van der Waals surface area (Å²) in [5.41, 5.74) is 2.94. The van der Waals surface area contributed by atoms with E-state index in [4.69, 9.17) is 0 Å². The van der Waals surface area contributed by atoms with Crippen LogP contribution in [0.5, 0.6) is 0 Å². The summed E-state index contributed by atoms with van der Waals surface area (Å²) in [6.07, 6.45) is 2.40. The lowest BCUT2D eigenvalue weighted by Gasteiger charge is -2.36. The average molecular weight is 352 g/mol. The molecule has 3 aliphatic heterocycles. The van der Waals surface area contributed by atoms with Crippen molar-refractivity contribution in [3.8, 4) is 0 Å². The first-order valence-electron chi connectivity index (χ1n) is 9.72. The molecule has 5 nitrogen and oxygen atoms in total. The lowest BCUT2D eigenvalue weighted by molar-refractivity contribution is 0.0730. The van der Waals surface area contributed by atoms with Crippen LogP contribution in [0.2, 0.25) is 0 Å². The fourth-order valence-corrected chi connectivity index (χ4v) is 4.26. The van der Waals surface area contributed by atoms with Crippen molar-refractivity contribution in [2.24, 2.45) is 5.92 Å². The largest absolute Gasteiger partial charge is 0.335 e. The molecular weight excluding hydrogens is 324 g/mol. The second-order valence-electron chi connectivity index (χ2n) is 8.09. The van der Waals surface area contributed by atoms with E-state index in [1.165, 1.54) is 18.4 Å². The molecule has 26 heavy (non-hydrogen) atoms. The van der Waals surface area contributed by atoms with Crippen molar-refractivity contribution in [3.05, 3.63) is 53.3 Å².